The minimum atomic E-state index is -1.62. The number of rotatable bonds is 6. The van der Waals surface area contributed by atoms with E-state index in [1.165, 1.54) is 5.56 Å². The lowest BCUT2D eigenvalue weighted by molar-refractivity contribution is -0.114. The summed E-state index contributed by atoms with van der Waals surface area (Å²) in [6, 6.07) is 12.0. The number of likely N-dealkylation sites (tertiary alicyclic amines) is 1. The molecule has 0 bridgehead atoms. The van der Waals surface area contributed by atoms with Crippen molar-refractivity contribution in [1.82, 2.24) is 10.2 Å². The molecule has 8 heteroatoms. The van der Waals surface area contributed by atoms with Crippen LogP contribution < -0.4 is 10.6 Å². The molecule has 1 heterocycles. The average Bonchev–Trinajstić information content (AvgIpc) is 3.20. The fourth-order valence-corrected chi connectivity index (χ4v) is 3.52. The second-order valence-corrected chi connectivity index (χ2v) is 7.23. The van der Waals surface area contributed by atoms with Gasteiger partial charge in [-0.2, -0.15) is 0 Å². The van der Waals surface area contributed by atoms with E-state index in [1.807, 2.05) is 25.1 Å². The minimum absolute atomic E-state index is 0.263. The molecule has 0 aliphatic carbocycles. The summed E-state index contributed by atoms with van der Waals surface area (Å²) in [5.74, 6) is -3.88. The number of amides is 1. The summed E-state index contributed by atoms with van der Waals surface area (Å²) in [6.07, 6.45) is 2.00. The summed E-state index contributed by atoms with van der Waals surface area (Å²) in [4.78, 5) is 18.6. The first-order valence-electron chi connectivity index (χ1n) is 9.98. The minimum Gasteiger partial charge on any atom is -0.357 e. The molecular weight excluding hydrogens is 393 g/mol. The summed E-state index contributed by atoms with van der Waals surface area (Å²) < 4.78 is 40.0. The molecule has 1 saturated heterocycles. The first kappa shape index (κ1) is 21.7. The molecule has 1 fully saturated rings. The molecule has 30 heavy (non-hydrogen) atoms. The Morgan fingerprint density at radius 2 is 1.90 bits per heavy atom. The monoisotopic (exact) mass is 418 g/mol. The van der Waals surface area contributed by atoms with E-state index in [0.29, 0.717) is 18.4 Å². The first-order chi connectivity index (χ1) is 14.5. The van der Waals surface area contributed by atoms with Gasteiger partial charge < -0.3 is 15.5 Å². The lowest BCUT2D eigenvalue weighted by atomic mass is 9.99. The van der Waals surface area contributed by atoms with Gasteiger partial charge in [-0.1, -0.05) is 30.3 Å². The van der Waals surface area contributed by atoms with Crippen molar-refractivity contribution in [3.8, 4) is 0 Å². The van der Waals surface area contributed by atoms with Crippen molar-refractivity contribution in [2.45, 2.75) is 19.8 Å². The summed E-state index contributed by atoms with van der Waals surface area (Å²) in [6.45, 7) is 3.95. The van der Waals surface area contributed by atoms with Gasteiger partial charge in [-0.25, -0.2) is 18.2 Å². The molecule has 0 spiro atoms. The Morgan fingerprint density at radius 3 is 2.63 bits per heavy atom. The predicted molar refractivity (Wildman–Crippen MR) is 111 cm³/mol. The van der Waals surface area contributed by atoms with Gasteiger partial charge in [0.15, 0.2) is 23.4 Å². The quantitative estimate of drug-likeness (QED) is 0.428. The maximum absolute atomic E-state index is 13.7. The van der Waals surface area contributed by atoms with E-state index < -0.39 is 29.0 Å². The third kappa shape index (κ3) is 5.52. The number of carbonyl (C=O) groups is 1. The number of guanidine groups is 1. The molecule has 1 aliphatic heterocycles. The van der Waals surface area contributed by atoms with E-state index in [2.05, 4.69) is 32.7 Å². The highest BCUT2D eigenvalue weighted by Crippen LogP contribution is 2.21. The van der Waals surface area contributed by atoms with E-state index in [1.54, 1.807) is 0 Å². The Hall–Kier alpha value is -3.03. The van der Waals surface area contributed by atoms with Crippen molar-refractivity contribution in [2.24, 2.45) is 10.9 Å². The van der Waals surface area contributed by atoms with Gasteiger partial charge in [-0.15, -0.1) is 0 Å². The van der Waals surface area contributed by atoms with Gasteiger partial charge in [-0.3, -0.25) is 4.79 Å². The van der Waals surface area contributed by atoms with E-state index in [9.17, 15) is 18.0 Å². The van der Waals surface area contributed by atoms with Crippen molar-refractivity contribution >= 4 is 17.6 Å². The van der Waals surface area contributed by atoms with Crippen LogP contribution in [0.3, 0.4) is 0 Å². The fraction of sp³-hybridized carbons (Fsp3) is 0.364. The Labute approximate surface area is 174 Å². The van der Waals surface area contributed by atoms with Gasteiger partial charge >= 0.3 is 0 Å². The number of hydrogen-bond acceptors (Lipinski definition) is 2. The van der Waals surface area contributed by atoms with Crippen molar-refractivity contribution in [1.29, 1.82) is 0 Å². The second kappa shape index (κ2) is 10.1. The number of carbonyl (C=O) groups excluding carboxylic acids is 1. The summed E-state index contributed by atoms with van der Waals surface area (Å²) in [7, 11) is 0. The highest BCUT2D eigenvalue weighted by atomic mass is 19.2. The number of halogens is 3. The van der Waals surface area contributed by atoms with Crippen LogP contribution in [0.25, 0.3) is 0 Å². The van der Waals surface area contributed by atoms with Gasteiger partial charge in [-0.05, 0) is 43.4 Å². The Morgan fingerprint density at radius 1 is 1.13 bits per heavy atom. The lowest BCUT2D eigenvalue weighted by Crippen LogP contribution is -2.40. The van der Waals surface area contributed by atoms with Crippen LogP contribution in [-0.4, -0.2) is 42.9 Å². The molecule has 0 radical (unpaired) electrons. The van der Waals surface area contributed by atoms with Gasteiger partial charge in [0.25, 0.3) is 0 Å². The largest absolute Gasteiger partial charge is 0.357 e. The molecule has 2 N–H and O–H groups in total. The summed E-state index contributed by atoms with van der Waals surface area (Å²) in [5.41, 5.74) is 0.877. The van der Waals surface area contributed by atoms with Crippen LogP contribution in [0.1, 0.15) is 18.9 Å². The van der Waals surface area contributed by atoms with Crippen LogP contribution in [0.5, 0.6) is 0 Å². The zero-order valence-corrected chi connectivity index (χ0v) is 16.8. The number of benzene rings is 2. The maximum atomic E-state index is 13.7. The summed E-state index contributed by atoms with van der Waals surface area (Å²) in [5, 5.41) is 5.40. The van der Waals surface area contributed by atoms with Crippen molar-refractivity contribution in [2.75, 3.05) is 31.5 Å². The van der Waals surface area contributed by atoms with Crippen molar-refractivity contribution < 1.29 is 18.0 Å². The van der Waals surface area contributed by atoms with Gasteiger partial charge in [0, 0.05) is 19.6 Å². The molecule has 160 valence electrons. The summed E-state index contributed by atoms with van der Waals surface area (Å²) >= 11 is 0. The predicted octanol–water partition coefficient (Wildman–Crippen LogP) is 3.57. The van der Waals surface area contributed by atoms with Crippen LogP contribution in [-0.2, 0) is 11.2 Å². The standard InChI is InChI=1S/C22H25F3N4O/c1-2-26-22(29-11-10-16(14-29)12-15-6-4-3-5-7-15)27-13-19(30)28-18-9-8-17(23)20(24)21(18)25/h3-9,16H,2,10-14H2,1H3,(H,26,27)(H,28,30). The van der Waals surface area contributed by atoms with Crippen molar-refractivity contribution in [3.05, 3.63) is 65.5 Å². The Kier molecular flexibility index (Phi) is 7.32. The third-order valence-corrected chi connectivity index (χ3v) is 4.97. The smallest absolute Gasteiger partial charge is 0.246 e. The molecule has 2 aromatic rings. The number of aliphatic imine (C=N–C) groups is 1. The normalized spacial score (nSPS) is 16.6. The zero-order chi connectivity index (χ0) is 21.5. The molecule has 1 aliphatic rings. The lowest BCUT2D eigenvalue weighted by Gasteiger charge is -2.21. The van der Waals surface area contributed by atoms with Crippen LogP contribution in [0.4, 0.5) is 18.9 Å². The van der Waals surface area contributed by atoms with Crippen LogP contribution in [0.2, 0.25) is 0 Å². The molecule has 0 aromatic heterocycles. The first-order valence-corrected chi connectivity index (χ1v) is 9.98. The number of nitrogens with one attached hydrogen (secondary N) is 2. The van der Waals surface area contributed by atoms with Gasteiger partial charge in [0.2, 0.25) is 5.91 Å². The average molecular weight is 418 g/mol. The van der Waals surface area contributed by atoms with Crippen LogP contribution in [0, 0.1) is 23.4 Å². The number of anilines is 1. The Balaban J connectivity index is 1.59. The molecule has 3 rings (SSSR count). The SMILES string of the molecule is CCNC(=NCC(=O)Nc1ccc(F)c(F)c1F)N1CCC(Cc2ccccc2)C1. The van der Waals surface area contributed by atoms with Gasteiger partial charge in [0.1, 0.15) is 6.54 Å². The molecule has 1 atom stereocenters. The molecule has 2 aromatic carbocycles. The highest BCUT2D eigenvalue weighted by Gasteiger charge is 2.25. The zero-order valence-electron chi connectivity index (χ0n) is 16.8. The number of nitrogens with zero attached hydrogens (tertiary/aromatic N) is 2. The third-order valence-electron chi connectivity index (χ3n) is 4.97. The fourth-order valence-electron chi connectivity index (χ4n) is 3.52. The topological polar surface area (TPSA) is 56.7 Å². The molecule has 0 saturated carbocycles. The Bertz CT molecular complexity index is 905. The molecule has 1 unspecified atom stereocenters. The number of hydrogen-bond donors (Lipinski definition) is 2. The van der Waals surface area contributed by atoms with Gasteiger partial charge in [0.05, 0.1) is 5.69 Å². The second-order valence-electron chi connectivity index (χ2n) is 7.23. The van der Waals surface area contributed by atoms with Crippen LogP contribution in [0.15, 0.2) is 47.5 Å². The van der Waals surface area contributed by atoms with Crippen molar-refractivity contribution in [3.63, 3.8) is 0 Å². The molecule has 1 amide bonds. The van der Waals surface area contributed by atoms with E-state index in [-0.39, 0.29) is 6.54 Å². The molecular formula is C22H25F3N4O. The maximum Gasteiger partial charge on any atom is 0.246 e. The van der Waals surface area contributed by atoms with E-state index >= 15 is 0 Å². The van der Waals surface area contributed by atoms with E-state index in [0.717, 1.165) is 38.1 Å². The molecule has 5 nitrogen and oxygen atoms in total. The van der Waals surface area contributed by atoms with Crippen LogP contribution >= 0.6 is 0 Å². The van der Waals surface area contributed by atoms with E-state index in [4.69, 9.17) is 0 Å². The highest BCUT2D eigenvalue weighted by molar-refractivity contribution is 5.94.